The first-order valence-electron chi connectivity index (χ1n) is 9.13. The number of nitrogens with zero attached hydrogens (tertiary/aromatic N) is 3. The van der Waals surface area contributed by atoms with Crippen LogP contribution in [0.3, 0.4) is 0 Å². The van der Waals surface area contributed by atoms with E-state index in [1.165, 1.54) is 12.8 Å². The highest BCUT2D eigenvalue weighted by atomic mass is 16.5. The number of carbonyl (C=O) groups is 1. The minimum atomic E-state index is 0.144. The van der Waals surface area contributed by atoms with Crippen LogP contribution in [0.1, 0.15) is 49.7 Å². The third-order valence-electron chi connectivity index (χ3n) is 5.21. The molecule has 2 aliphatic carbocycles. The molecule has 1 saturated carbocycles. The fourth-order valence-corrected chi connectivity index (χ4v) is 3.47. The van der Waals surface area contributed by atoms with Crippen molar-refractivity contribution in [3.63, 3.8) is 0 Å². The van der Waals surface area contributed by atoms with Crippen molar-refractivity contribution in [2.45, 2.75) is 44.4 Å². The van der Waals surface area contributed by atoms with Gasteiger partial charge in [0.05, 0.1) is 12.5 Å². The molecule has 6 nitrogen and oxygen atoms in total. The molecule has 1 saturated heterocycles. The fraction of sp³-hybridized carbons (Fsp3) is 0.722. The van der Waals surface area contributed by atoms with E-state index < -0.39 is 0 Å². The number of hydrogen-bond acceptors (Lipinski definition) is 5. The Labute approximate surface area is 142 Å². The minimum absolute atomic E-state index is 0.144. The van der Waals surface area contributed by atoms with Crippen molar-refractivity contribution in [2.75, 3.05) is 26.3 Å². The molecule has 1 aromatic heterocycles. The Bertz CT molecular complexity index is 600. The summed E-state index contributed by atoms with van der Waals surface area (Å²) in [4.78, 5) is 18.9. The third-order valence-corrected chi connectivity index (χ3v) is 5.21. The van der Waals surface area contributed by atoms with Crippen LogP contribution < -0.4 is 0 Å². The zero-order chi connectivity index (χ0) is 16.4. The Morgan fingerprint density at radius 1 is 1.29 bits per heavy atom. The minimum Gasteiger partial charge on any atom is -0.381 e. The van der Waals surface area contributed by atoms with Gasteiger partial charge in [0.1, 0.15) is 0 Å². The summed E-state index contributed by atoms with van der Waals surface area (Å²) in [5.41, 5.74) is 0. The molecular formula is C18H25N3O3. The van der Waals surface area contributed by atoms with Gasteiger partial charge < -0.3 is 14.2 Å². The van der Waals surface area contributed by atoms with E-state index in [4.69, 9.17) is 9.26 Å². The molecule has 2 heterocycles. The molecule has 130 valence electrons. The van der Waals surface area contributed by atoms with Gasteiger partial charge in [0.25, 0.3) is 0 Å². The Kier molecular flexibility index (Phi) is 4.65. The summed E-state index contributed by atoms with van der Waals surface area (Å²) in [5, 5.41) is 4.06. The van der Waals surface area contributed by atoms with E-state index in [1.54, 1.807) is 0 Å². The van der Waals surface area contributed by atoms with E-state index in [0.717, 1.165) is 38.3 Å². The Morgan fingerprint density at radius 2 is 2.12 bits per heavy atom. The third kappa shape index (κ3) is 3.69. The Morgan fingerprint density at radius 3 is 2.92 bits per heavy atom. The molecule has 2 fully saturated rings. The molecule has 0 N–H and O–H groups in total. The highest BCUT2D eigenvalue weighted by molar-refractivity contribution is 5.80. The second-order valence-corrected chi connectivity index (χ2v) is 7.23. The smallest absolute Gasteiger partial charge is 0.231 e. The van der Waals surface area contributed by atoms with E-state index in [9.17, 15) is 4.79 Å². The van der Waals surface area contributed by atoms with Gasteiger partial charge in [-0.05, 0) is 38.0 Å². The molecule has 1 aliphatic heterocycles. The highest BCUT2D eigenvalue weighted by Gasteiger charge is 2.34. The number of aromatic nitrogens is 2. The van der Waals surface area contributed by atoms with E-state index in [0.29, 0.717) is 31.3 Å². The van der Waals surface area contributed by atoms with Gasteiger partial charge in [-0.15, -0.1) is 0 Å². The molecule has 24 heavy (non-hydrogen) atoms. The number of likely N-dealkylation sites (tertiary alicyclic amines) is 1. The van der Waals surface area contributed by atoms with Gasteiger partial charge >= 0.3 is 0 Å². The fourth-order valence-electron chi connectivity index (χ4n) is 3.47. The number of rotatable bonds is 7. The summed E-state index contributed by atoms with van der Waals surface area (Å²) in [5.74, 6) is 2.76. The topological polar surface area (TPSA) is 68.5 Å². The van der Waals surface area contributed by atoms with Gasteiger partial charge in [-0.2, -0.15) is 4.98 Å². The Balaban J connectivity index is 1.24. The van der Waals surface area contributed by atoms with Crippen LogP contribution in [0, 0.1) is 11.8 Å². The second kappa shape index (κ2) is 7.05. The molecule has 0 spiro atoms. The normalized spacial score (nSPS) is 24.2. The van der Waals surface area contributed by atoms with E-state index >= 15 is 0 Å². The summed E-state index contributed by atoms with van der Waals surface area (Å²) in [6, 6.07) is 0. The van der Waals surface area contributed by atoms with Crippen molar-refractivity contribution in [2.24, 2.45) is 11.8 Å². The van der Waals surface area contributed by atoms with Crippen LogP contribution in [-0.2, 0) is 16.0 Å². The number of ether oxygens (including phenoxy) is 1. The molecule has 1 aromatic rings. The van der Waals surface area contributed by atoms with E-state index in [1.807, 2.05) is 4.90 Å². The molecule has 3 aliphatic rings. The van der Waals surface area contributed by atoms with Crippen LogP contribution in [-0.4, -0.2) is 47.3 Å². The second-order valence-electron chi connectivity index (χ2n) is 7.23. The molecule has 1 amide bonds. The van der Waals surface area contributed by atoms with Crippen LogP contribution >= 0.6 is 0 Å². The first-order valence-corrected chi connectivity index (χ1v) is 9.13. The van der Waals surface area contributed by atoms with Crippen LogP contribution in [0.25, 0.3) is 0 Å². The van der Waals surface area contributed by atoms with Crippen molar-refractivity contribution in [3.8, 4) is 0 Å². The van der Waals surface area contributed by atoms with Gasteiger partial charge in [-0.1, -0.05) is 17.3 Å². The molecular weight excluding hydrogens is 306 g/mol. The maximum atomic E-state index is 12.5. The predicted molar refractivity (Wildman–Crippen MR) is 87.3 cm³/mol. The van der Waals surface area contributed by atoms with Crippen LogP contribution in [0.2, 0.25) is 0 Å². The van der Waals surface area contributed by atoms with Gasteiger partial charge in [0.15, 0.2) is 5.82 Å². The van der Waals surface area contributed by atoms with Crippen molar-refractivity contribution in [1.29, 1.82) is 0 Å². The summed E-state index contributed by atoms with van der Waals surface area (Å²) in [7, 11) is 0. The standard InChI is InChI=1S/C18H25N3O3/c22-18(14-3-1-2-4-14)21-9-7-15(11-21)17-19-16(20-24-17)8-10-23-12-13-5-6-13/h1-2,13-15H,3-12H2. The number of amides is 1. The summed E-state index contributed by atoms with van der Waals surface area (Å²) < 4.78 is 11.0. The van der Waals surface area contributed by atoms with Crippen molar-refractivity contribution in [3.05, 3.63) is 23.9 Å². The molecule has 0 aromatic carbocycles. The van der Waals surface area contributed by atoms with Crippen LogP contribution in [0.4, 0.5) is 0 Å². The van der Waals surface area contributed by atoms with Crippen molar-refractivity contribution >= 4 is 5.91 Å². The molecule has 0 radical (unpaired) electrons. The van der Waals surface area contributed by atoms with Crippen molar-refractivity contribution < 1.29 is 14.1 Å². The first-order chi connectivity index (χ1) is 11.8. The monoisotopic (exact) mass is 331 g/mol. The number of hydrogen-bond donors (Lipinski definition) is 0. The zero-order valence-corrected chi connectivity index (χ0v) is 14.0. The Hall–Kier alpha value is -1.69. The molecule has 6 heteroatoms. The lowest BCUT2D eigenvalue weighted by Crippen LogP contribution is -2.33. The summed E-state index contributed by atoms with van der Waals surface area (Å²) in [6.07, 6.45) is 10.2. The maximum Gasteiger partial charge on any atom is 0.231 e. The predicted octanol–water partition coefficient (Wildman–Crippen LogP) is 2.32. The zero-order valence-electron chi connectivity index (χ0n) is 14.0. The maximum absolute atomic E-state index is 12.5. The summed E-state index contributed by atoms with van der Waals surface area (Å²) >= 11 is 0. The van der Waals surface area contributed by atoms with Gasteiger partial charge in [0.2, 0.25) is 11.8 Å². The lowest BCUT2D eigenvalue weighted by Gasteiger charge is -2.19. The molecule has 1 unspecified atom stereocenters. The van der Waals surface area contributed by atoms with E-state index in [2.05, 4.69) is 22.3 Å². The summed E-state index contributed by atoms with van der Waals surface area (Å²) in [6.45, 7) is 3.01. The first kappa shape index (κ1) is 15.8. The lowest BCUT2D eigenvalue weighted by molar-refractivity contribution is -0.134. The molecule has 0 bridgehead atoms. The van der Waals surface area contributed by atoms with Gasteiger partial charge in [-0.3, -0.25) is 4.79 Å². The van der Waals surface area contributed by atoms with Crippen LogP contribution in [0.15, 0.2) is 16.7 Å². The molecule has 1 atom stereocenters. The lowest BCUT2D eigenvalue weighted by atomic mass is 10.1. The average Bonchev–Trinajstić information content (AvgIpc) is 3.07. The number of allylic oxidation sites excluding steroid dienone is 2. The van der Waals surface area contributed by atoms with Crippen molar-refractivity contribution in [1.82, 2.24) is 15.0 Å². The largest absolute Gasteiger partial charge is 0.381 e. The molecule has 4 rings (SSSR count). The van der Waals surface area contributed by atoms with Gasteiger partial charge in [-0.25, -0.2) is 0 Å². The SMILES string of the molecule is O=C(C1CC=CC1)N1CCC(c2nc(CCOCC3CC3)no2)C1. The van der Waals surface area contributed by atoms with Gasteiger partial charge in [0, 0.05) is 32.0 Å². The van der Waals surface area contributed by atoms with E-state index in [-0.39, 0.29) is 17.7 Å². The average molecular weight is 331 g/mol. The highest BCUT2D eigenvalue weighted by Crippen LogP contribution is 2.30. The number of carbonyl (C=O) groups excluding carboxylic acids is 1. The van der Waals surface area contributed by atoms with Crippen LogP contribution in [0.5, 0.6) is 0 Å². The quantitative estimate of drug-likeness (QED) is 0.566.